The van der Waals surface area contributed by atoms with Crippen molar-refractivity contribution in [2.24, 2.45) is 0 Å². The number of nitrogens with one attached hydrogen (secondary N) is 1. The van der Waals surface area contributed by atoms with Crippen LogP contribution < -0.4 is 5.32 Å². The van der Waals surface area contributed by atoms with Crippen molar-refractivity contribution in [1.82, 2.24) is 10.2 Å². The van der Waals surface area contributed by atoms with Crippen molar-refractivity contribution >= 4 is 0 Å². The third kappa shape index (κ3) is 4.03. The highest BCUT2D eigenvalue weighted by molar-refractivity contribution is 5.17. The lowest BCUT2D eigenvalue weighted by Crippen LogP contribution is -2.29. The molecule has 18 heavy (non-hydrogen) atoms. The zero-order valence-corrected chi connectivity index (χ0v) is 10.6. The molecule has 4 heteroatoms. The fraction of sp³-hybridized carbons (Fsp3) is 0.571. The zero-order chi connectivity index (χ0) is 12.8. The molecule has 100 valence electrons. The SMILES string of the molecule is Fc1ccc(CCCN2CCCNCC2)cc1F. The Balaban J connectivity index is 1.75. The molecule has 0 saturated carbocycles. The number of rotatable bonds is 4. The molecule has 0 radical (unpaired) electrons. The van der Waals surface area contributed by atoms with E-state index in [-0.39, 0.29) is 0 Å². The first kappa shape index (κ1) is 13.4. The van der Waals surface area contributed by atoms with E-state index >= 15 is 0 Å². The molecule has 0 bridgehead atoms. The predicted octanol–water partition coefficient (Wildman–Crippen LogP) is 2.19. The van der Waals surface area contributed by atoms with Crippen molar-refractivity contribution in [2.45, 2.75) is 19.3 Å². The Labute approximate surface area is 107 Å². The molecule has 0 aliphatic carbocycles. The predicted molar refractivity (Wildman–Crippen MR) is 68.6 cm³/mol. The van der Waals surface area contributed by atoms with Crippen molar-refractivity contribution in [3.63, 3.8) is 0 Å². The van der Waals surface area contributed by atoms with Crippen LogP contribution in [-0.4, -0.2) is 37.6 Å². The maximum Gasteiger partial charge on any atom is 0.159 e. The summed E-state index contributed by atoms with van der Waals surface area (Å²) in [6.07, 6.45) is 2.98. The Morgan fingerprint density at radius 3 is 2.83 bits per heavy atom. The molecule has 1 heterocycles. The summed E-state index contributed by atoms with van der Waals surface area (Å²) in [7, 11) is 0. The first-order chi connectivity index (χ1) is 8.75. The summed E-state index contributed by atoms with van der Waals surface area (Å²) in [5.74, 6) is -1.51. The molecular weight excluding hydrogens is 234 g/mol. The highest BCUT2D eigenvalue weighted by Gasteiger charge is 2.08. The minimum absolute atomic E-state index is 0.744. The van der Waals surface area contributed by atoms with Crippen molar-refractivity contribution < 1.29 is 8.78 Å². The first-order valence-electron chi connectivity index (χ1n) is 6.63. The molecule has 1 aliphatic rings. The number of halogens is 2. The molecule has 0 atom stereocenters. The molecule has 1 aromatic rings. The van der Waals surface area contributed by atoms with Gasteiger partial charge >= 0.3 is 0 Å². The third-order valence-corrected chi connectivity index (χ3v) is 3.36. The number of nitrogens with zero attached hydrogens (tertiary/aromatic N) is 1. The van der Waals surface area contributed by atoms with Gasteiger partial charge in [-0.1, -0.05) is 6.07 Å². The molecule has 1 aromatic carbocycles. The van der Waals surface area contributed by atoms with Crippen molar-refractivity contribution in [2.75, 3.05) is 32.7 Å². The van der Waals surface area contributed by atoms with Gasteiger partial charge in [-0.15, -0.1) is 0 Å². The van der Waals surface area contributed by atoms with E-state index in [1.54, 1.807) is 6.07 Å². The lowest BCUT2D eigenvalue weighted by atomic mass is 10.1. The van der Waals surface area contributed by atoms with E-state index in [9.17, 15) is 8.78 Å². The van der Waals surface area contributed by atoms with E-state index in [4.69, 9.17) is 0 Å². The monoisotopic (exact) mass is 254 g/mol. The van der Waals surface area contributed by atoms with Crippen LogP contribution in [0.2, 0.25) is 0 Å². The highest BCUT2D eigenvalue weighted by Crippen LogP contribution is 2.11. The van der Waals surface area contributed by atoms with Gasteiger partial charge in [0.2, 0.25) is 0 Å². The van der Waals surface area contributed by atoms with Crippen LogP contribution in [0, 0.1) is 11.6 Å². The molecule has 0 unspecified atom stereocenters. The van der Waals surface area contributed by atoms with E-state index < -0.39 is 11.6 Å². The molecule has 2 rings (SSSR count). The second kappa shape index (κ2) is 6.81. The second-order valence-electron chi connectivity index (χ2n) is 4.80. The topological polar surface area (TPSA) is 15.3 Å². The van der Waals surface area contributed by atoms with Crippen LogP contribution in [0.3, 0.4) is 0 Å². The molecule has 2 nitrogen and oxygen atoms in total. The Morgan fingerprint density at radius 2 is 2.00 bits per heavy atom. The van der Waals surface area contributed by atoms with Crippen molar-refractivity contribution in [1.29, 1.82) is 0 Å². The maximum absolute atomic E-state index is 13.0. The molecule has 1 fully saturated rings. The van der Waals surface area contributed by atoms with Crippen LogP contribution in [0.15, 0.2) is 18.2 Å². The largest absolute Gasteiger partial charge is 0.315 e. The molecule has 0 spiro atoms. The van der Waals surface area contributed by atoms with Crippen LogP contribution in [-0.2, 0) is 6.42 Å². The summed E-state index contributed by atoms with van der Waals surface area (Å²) in [5.41, 5.74) is 0.877. The normalized spacial score (nSPS) is 17.7. The van der Waals surface area contributed by atoms with E-state index in [0.29, 0.717) is 0 Å². The van der Waals surface area contributed by atoms with E-state index in [2.05, 4.69) is 10.2 Å². The summed E-state index contributed by atoms with van der Waals surface area (Å²) in [4.78, 5) is 2.43. The summed E-state index contributed by atoms with van der Waals surface area (Å²) in [5, 5.41) is 3.37. The van der Waals surface area contributed by atoms with Crippen molar-refractivity contribution in [3.05, 3.63) is 35.4 Å². The van der Waals surface area contributed by atoms with Crippen molar-refractivity contribution in [3.8, 4) is 0 Å². The lowest BCUT2D eigenvalue weighted by molar-refractivity contribution is 0.289. The fourth-order valence-electron chi connectivity index (χ4n) is 2.33. The average Bonchev–Trinajstić information content (AvgIpc) is 2.62. The molecule has 1 aliphatic heterocycles. The average molecular weight is 254 g/mol. The van der Waals surface area contributed by atoms with E-state index in [0.717, 1.165) is 51.1 Å². The molecule has 1 saturated heterocycles. The summed E-state index contributed by atoms with van der Waals surface area (Å²) in [6, 6.07) is 4.18. The van der Waals surface area contributed by atoms with Gasteiger partial charge in [-0.3, -0.25) is 0 Å². The quantitative estimate of drug-likeness (QED) is 0.886. The molecular formula is C14H20F2N2. The van der Waals surface area contributed by atoms with E-state index in [1.807, 2.05) is 0 Å². The van der Waals surface area contributed by atoms with Crippen LogP contribution in [0.1, 0.15) is 18.4 Å². The molecule has 1 N–H and O–H groups in total. The van der Waals surface area contributed by atoms with Gasteiger partial charge in [-0.05, 0) is 56.6 Å². The molecule has 0 amide bonds. The smallest absolute Gasteiger partial charge is 0.159 e. The number of hydrogen-bond donors (Lipinski definition) is 1. The number of aryl methyl sites for hydroxylation is 1. The zero-order valence-electron chi connectivity index (χ0n) is 10.6. The van der Waals surface area contributed by atoms with Crippen LogP contribution in [0.25, 0.3) is 0 Å². The van der Waals surface area contributed by atoms with Gasteiger partial charge in [0.05, 0.1) is 0 Å². The summed E-state index contributed by atoms with van der Waals surface area (Å²) in [6.45, 7) is 5.38. The Hall–Kier alpha value is -1.00. The molecule has 0 aromatic heterocycles. The standard InChI is InChI=1S/C14H20F2N2/c15-13-5-4-12(11-14(13)16)3-1-8-18-9-2-6-17-7-10-18/h4-5,11,17H,1-3,6-10H2. The summed E-state index contributed by atoms with van der Waals surface area (Å²) < 4.78 is 25.8. The number of benzene rings is 1. The third-order valence-electron chi connectivity index (χ3n) is 3.36. The van der Waals surface area contributed by atoms with E-state index in [1.165, 1.54) is 18.6 Å². The van der Waals surface area contributed by atoms with Gasteiger partial charge in [0.15, 0.2) is 11.6 Å². The minimum atomic E-state index is -0.766. The summed E-state index contributed by atoms with van der Waals surface area (Å²) >= 11 is 0. The van der Waals surface area contributed by atoms with Crippen LogP contribution >= 0.6 is 0 Å². The Kier molecular flexibility index (Phi) is 5.08. The minimum Gasteiger partial charge on any atom is -0.315 e. The highest BCUT2D eigenvalue weighted by atomic mass is 19.2. The van der Waals surface area contributed by atoms with Gasteiger partial charge in [0.1, 0.15) is 0 Å². The van der Waals surface area contributed by atoms with Gasteiger partial charge < -0.3 is 10.2 Å². The first-order valence-corrected chi connectivity index (χ1v) is 6.63. The lowest BCUT2D eigenvalue weighted by Gasteiger charge is -2.19. The van der Waals surface area contributed by atoms with Crippen LogP contribution in [0.5, 0.6) is 0 Å². The Bertz CT molecular complexity index is 374. The fourth-order valence-corrected chi connectivity index (χ4v) is 2.33. The van der Waals surface area contributed by atoms with Gasteiger partial charge in [0, 0.05) is 13.1 Å². The van der Waals surface area contributed by atoms with Gasteiger partial charge in [-0.2, -0.15) is 0 Å². The van der Waals surface area contributed by atoms with Crippen LogP contribution in [0.4, 0.5) is 8.78 Å². The van der Waals surface area contributed by atoms with Gasteiger partial charge in [0.25, 0.3) is 0 Å². The van der Waals surface area contributed by atoms with Gasteiger partial charge in [-0.25, -0.2) is 8.78 Å². The Morgan fingerprint density at radius 1 is 1.11 bits per heavy atom. The number of hydrogen-bond acceptors (Lipinski definition) is 2. The maximum atomic E-state index is 13.0. The second-order valence-corrected chi connectivity index (χ2v) is 4.80.